The Bertz CT molecular complexity index is 4740. The number of nitrogens with zero attached hydrogens (tertiary/aromatic N) is 10. The zero-order valence-corrected chi connectivity index (χ0v) is 48.9. The van der Waals surface area contributed by atoms with E-state index in [-0.39, 0.29) is 135 Å². The molecule has 3 aromatic heterocycles. The van der Waals surface area contributed by atoms with Gasteiger partial charge in [-0.25, -0.2) is 9.97 Å². The lowest BCUT2D eigenvalue weighted by atomic mass is 10.1. The second-order valence-corrected chi connectivity index (χ2v) is 26.8. The summed E-state index contributed by atoms with van der Waals surface area (Å²) in [7, 11) is -20.0. The molecule has 0 spiro atoms. The summed E-state index contributed by atoms with van der Waals surface area (Å²) in [5, 5.41) is 47.7. The number of rotatable bonds is 22. The molecule has 8 rings (SSSR count). The minimum absolute atomic E-state index is 0.00304. The number of azo groups is 3. The first kappa shape index (κ1) is 61.5. The number of benzene rings is 5. The van der Waals surface area contributed by atoms with E-state index in [4.69, 9.17) is 18.9 Å². The SMILES string of the molecule is COc1cc(N=Nc2cc(OCCCS(=O)(=O)O)c(N=Nc3c(C)c(C#N)c4nc5c(S(=O)(=O)O)c(OC)ccc5n4c3O)cc2C)c(SCCCS(=O)(=O)O)cc1N=Nc1nc2c(S(=O)(=O)O)cc3c(OC)cc(S(=O)(=O)O)cc3c2s1. The first-order valence-corrected chi connectivity index (χ1v) is 32.5. The Balaban J connectivity index is 1.21. The third-order valence-corrected chi connectivity index (χ3v) is 18.2. The number of pyridine rings is 1. The predicted octanol–water partition coefficient (Wildman–Crippen LogP) is 9.48. The number of methoxy groups -OCH3 is 3. The van der Waals surface area contributed by atoms with Gasteiger partial charge in [-0.2, -0.15) is 52.5 Å². The number of aromatic hydroxyl groups is 1. The summed E-state index contributed by atoms with van der Waals surface area (Å²) in [6.45, 7) is 2.66. The number of hydrogen-bond donors (Lipinski definition) is 6. The van der Waals surface area contributed by atoms with Crippen LogP contribution in [0, 0.1) is 25.2 Å². The Hall–Kier alpha value is -7.61. The lowest BCUT2D eigenvalue weighted by Gasteiger charge is -2.12. The summed E-state index contributed by atoms with van der Waals surface area (Å²) in [6.07, 6.45) is -0.273. The molecule has 0 atom stereocenters. The van der Waals surface area contributed by atoms with Crippen molar-refractivity contribution in [3.8, 4) is 34.9 Å². The van der Waals surface area contributed by atoms with Crippen LogP contribution in [0.3, 0.4) is 0 Å². The standard InChI is InChI=1S/C46H42N10O20S7/c1-22-14-29(51-54-39-23(2)27(21-47)44-48-40-32(56(44)45(39)57)8-9-33(73-3)43(40)83(70,71)72)36(76-10-6-12-79(58,59)60)18-28(22)50-53-31-19-35(75-5)30(20-37(31)77-11-7-13-80(61,62)63)52-55-46-49-41-38(82(67,68)69)17-25-26(42(41)78-46)15-24(81(64,65)66)16-34(25)74-4/h8-9,14-20,57H,6-7,10-13H2,1-5H3,(H,58,59,60)(H,61,62,63)(H,64,65,66)(H,67,68,69)(H,70,71,72). The molecule has 0 aliphatic rings. The number of imidazole rings is 1. The number of thioether (sulfide) groups is 1. The van der Waals surface area contributed by atoms with Crippen molar-refractivity contribution < 1.29 is 88.9 Å². The third-order valence-electron chi connectivity index (χ3n) is 11.9. The number of aromatic nitrogens is 3. The molecule has 0 radical (unpaired) electrons. The van der Waals surface area contributed by atoms with Crippen LogP contribution in [0.1, 0.15) is 29.5 Å². The number of nitriles is 1. The van der Waals surface area contributed by atoms with Gasteiger partial charge in [0.1, 0.15) is 67.6 Å². The Morgan fingerprint density at radius 3 is 1.90 bits per heavy atom. The van der Waals surface area contributed by atoms with Crippen molar-refractivity contribution in [1.29, 1.82) is 5.26 Å². The van der Waals surface area contributed by atoms with Crippen LogP contribution in [0.5, 0.6) is 28.9 Å². The summed E-state index contributed by atoms with van der Waals surface area (Å²) < 4.78 is 193. The van der Waals surface area contributed by atoms with Gasteiger partial charge in [0, 0.05) is 39.4 Å². The Morgan fingerprint density at radius 1 is 0.651 bits per heavy atom. The van der Waals surface area contributed by atoms with Gasteiger partial charge in [-0.05, 0) is 74.4 Å². The summed E-state index contributed by atoms with van der Waals surface area (Å²) in [5.41, 5.74) is -0.918. The lowest BCUT2D eigenvalue weighted by molar-refractivity contribution is 0.317. The van der Waals surface area contributed by atoms with Crippen LogP contribution in [-0.4, -0.2) is 130 Å². The predicted molar refractivity (Wildman–Crippen MR) is 298 cm³/mol. The Kier molecular flexibility index (Phi) is 17.5. The highest BCUT2D eigenvalue weighted by atomic mass is 32.2. The fraction of sp³-hybridized carbons (Fsp3) is 0.239. The maximum absolute atomic E-state index is 12.6. The fourth-order valence-electron chi connectivity index (χ4n) is 8.15. The second-order valence-electron chi connectivity index (χ2n) is 17.4. The van der Waals surface area contributed by atoms with E-state index in [2.05, 4.69) is 40.7 Å². The van der Waals surface area contributed by atoms with Crippen LogP contribution in [0.4, 0.5) is 33.6 Å². The third kappa shape index (κ3) is 13.4. The molecule has 0 aliphatic carbocycles. The minimum Gasteiger partial charge on any atom is -0.496 e. The van der Waals surface area contributed by atoms with Gasteiger partial charge in [-0.15, -0.1) is 37.3 Å². The highest BCUT2D eigenvalue weighted by Gasteiger charge is 2.29. The van der Waals surface area contributed by atoms with Gasteiger partial charge in [0.05, 0.1) is 60.2 Å². The van der Waals surface area contributed by atoms with E-state index in [1.165, 1.54) is 57.5 Å². The largest absolute Gasteiger partial charge is 0.496 e. The molecule has 0 amide bonds. The number of aryl methyl sites for hydroxylation is 1. The summed E-state index contributed by atoms with van der Waals surface area (Å²) >= 11 is 1.77. The molecule has 6 N–H and O–H groups in total. The summed E-state index contributed by atoms with van der Waals surface area (Å²) in [6, 6.07) is 13.1. The van der Waals surface area contributed by atoms with Gasteiger partial charge in [0.15, 0.2) is 16.2 Å². The molecule has 83 heavy (non-hydrogen) atoms. The lowest BCUT2D eigenvalue weighted by Crippen LogP contribution is -2.08. The van der Waals surface area contributed by atoms with Crippen LogP contribution in [0.25, 0.3) is 37.7 Å². The smallest absolute Gasteiger partial charge is 0.300 e. The van der Waals surface area contributed by atoms with Crippen molar-refractivity contribution in [3.05, 3.63) is 71.3 Å². The van der Waals surface area contributed by atoms with E-state index in [1.54, 1.807) is 6.92 Å². The highest BCUT2D eigenvalue weighted by molar-refractivity contribution is 7.99. The average molecular weight is 1280 g/mol. The van der Waals surface area contributed by atoms with Gasteiger partial charge in [-0.1, -0.05) is 11.3 Å². The van der Waals surface area contributed by atoms with Gasteiger partial charge < -0.3 is 24.1 Å². The molecular formula is C46H42N10O20S7. The van der Waals surface area contributed by atoms with Gasteiger partial charge in [-0.3, -0.25) is 27.2 Å². The van der Waals surface area contributed by atoms with E-state index < -0.39 is 82.7 Å². The monoisotopic (exact) mass is 1280 g/mol. The summed E-state index contributed by atoms with van der Waals surface area (Å²) in [5.74, 6) is -2.44. The Morgan fingerprint density at radius 2 is 1.28 bits per heavy atom. The van der Waals surface area contributed by atoms with Crippen LogP contribution in [0.15, 0.2) is 105 Å². The van der Waals surface area contributed by atoms with Gasteiger partial charge in [0.2, 0.25) is 11.0 Å². The van der Waals surface area contributed by atoms with Crippen LogP contribution in [-0.2, 0) is 50.6 Å². The molecular weight excluding hydrogens is 1240 g/mol. The molecule has 0 unspecified atom stereocenters. The first-order chi connectivity index (χ1) is 38.8. The molecule has 0 saturated carbocycles. The molecule has 0 aliphatic heterocycles. The minimum atomic E-state index is -4.99. The number of thiazole rings is 1. The zero-order valence-electron chi connectivity index (χ0n) is 43.2. The van der Waals surface area contributed by atoms with E-state index in [0.29, 0.717) is 5.56 Å². The van der Waals surface area contributed by atoms with Crippen LogP contribution < -0.4 is 18.9 Å². The first-order valence-electron chi connectivity index (χ1n) is 23.2. The molecule has 438 valence electrons. The van der Waals surface area contributed by atoms with Crippen molar-refractivity contribution in [1.82, 2.24) is 14.4 Å². The maximum Gasteiger partial charge on any atom is 0.300 e. The molecule has 37 heteroatoms. The summed E-state index contributed by atoms with van der Waals surface area (Å²) in [4.78, 5) is 6.78. The topological polar surface area (TPSA) is 457 Å². The average Bonchev–Trinajstić information content (AvgIpc) is 2.90. The van der Waals surface area contributed by atoms with E-state index in [0.717, 1.165) is 52.8 Å². The zero-order chi connectivity index (χ0) is 60.7. The number of ether oxygens (including phenoxy) is 4. The van der Waals surface area contributed by atoms with Crippen molar-refractivity contribution in [3.63, 3.8) is 0 Å². The molecule has 0 fully saturated rings. The molecule has 8 aromatic rings. The highest BCUT2D eigenvalue weighted by Crippen LogP contribution is 2.47. The van der Waals surface area contributed by atoms with E-state index in [9.17, 15) is 75.2 Å². The van der Waals surface area contributed by atoms with Crippen molar-refractivity contribution in [2.24, 2.45) is 30.7 Å². The maximum atomic E-state index is 12.6. The fourth-order valence-corrected chi connectivity index (χ4v) is 13.3. The molecule has 0 saturated heterocycles. The molecule has 30 nitrogen and oxygen atoms in total. The Labute approximate surface area is 478 Å². The van der Waals surface area contributed by atoms with Crippen molar-refractivity contribution in [2.75, 3.05) is 45.2 Å². The molecule has 3 heterocycles. The van der Waals surface area contributed by atoms with Crippen LogP contribution in [0.2, 0.25) is 0 Å². The second kappa shape index (κ2) is 23.6. The van der Waals surface area contributed by atoms with Crippen molar-refractivity contribution >= 4 is 145 Å². The van der Waals surface area contributed by atoms with E-state index in [1.807, 2.05) is 6.07 Å². The van der Waals surface area contributed by atoms with Crippen molar-refractivity contribution in [2.45, 2.75) is 46.3 Å². The molecule has 0 bridgehead atoms. The van der Waals surface area contributed by atoms with E-state index >= 15 is 0 Å². The normalized spacial score (nSPS) is 12.9. The molecule has 5 aromatic carbocycles. The van der Waals surface area contributed by atoms with Crippen LogP contribution >= 0.6 is 23.1 Å². The number of hydrogen-bond acceptors (Lipinski definition) is 26. The number of fused-ring (bicyclic) bond motifs is 6. The van der Waals surface area contributed by atoms with Gasteiger partial charge >= 0.3 is 0 Å². The van der Waals surface area contributed by atoms with Gasteiger partial charge in [0.25, 0.3) is 50.6 Å². The quantitative estimate of drug-likeness (QED) is 0.0159.